The third-order valence-electron chi connectivity index (χ3n) is 7.37. The van der Waals surface area contributed by atoms with Gasteiger partial charge in [0.15, 0.2) is 11.6 Å². The number of ether oxygens (including phenoxy) is 1. The number of hydrogen-bond donors (Lipinski definition) is 1. The van der Waals surface area contributed by atoms with E-state index in [4.69, 9.17) is 38.7 Å². The molecule has 2 saturated heterocycles. The maximum atomic E-state index is 15.0. The van der Waals surface area contributed by atoms with Gasteiger partial charge >= 0.3 is 6.01 Å². The van der Waals surface area contributed by atoms with E-state index in [1.807, 2.05) is 4.90 Å². The maximum Gasteiger partial charge on any atom is 0.319 e. The van der Waals surface area contributed by atoms with Crippen molar-refractivity contribution in [2.45, 2.75) is 50.5 Å². The lowest BCUT2D eigenvalue weighted by Gasteiger charge is -2.31. The third-order valence-corrected chi connectivity index (χ3v) is 8.00. The van der Waals surface area contributed by atoms with E-state index in [9.17, 15) is 4.39 Å². The van der Waals surface area contributed by atoms with Gasteiger partial charge in [-0.25, -0.2) is 8.78 Å². The fourth-order valence-electron chi connectivity index (χ4n) is 5.76. The topological polar surface area (TPSA) is 85.3 Å². The van der Waals surface area contributed by atoms with Crippen LogP contribution in [-0.4, -0.2) is 62.6 Å². The molecule has 0 radical (unpaired) electrons. The van der Waals surface area contributed by atoms with Crippen LogP contribution in [0.2, 0.25) is 10.0 Å². The Labute approximate surface area is 210 Å². The minimum Gasteiger partial charge on any atom is -0.461 e. The molecule has 5 heterocycles. The van der Waals surface area contributed by atoms with Crippen LogP contribution >= 0.6 is 23.2 Å². The second-order valence-electron chi connectivity index (χ2n) is 9.62. The number of benzene rings is 1. The molecule has 2 fully saturated rings. The second-order valence-corrected chi connectivity index (χ2v) is 10.4. The van der Waals surface area contributed by atoms with Gasteiger partial charge < -0.3 is 15.4 Å². The van der Waals surface area contributed by atoms with Crippen LogP contribution in [0.25, 0.3) is 10.9 Å². The number of fused-ring (bicyclic) bond motifs is 3. The Morgan fingerprint density at radius 2 is 2.03 bits per heavy atom. The van der Waals surface area contributed by atoms with Gasteiger partial charge in [-0.15, -0.1) is 0 Å². The van der Waals surface area contributed by atoms with Gasteiger partial charge in [-0.05, 0) is 37.9 Å². The van der Waals surface area contributed by atoms with E-state index in [2.05, 4.69) is 15.0 Å². The molecular formula is C23H25Cl2F2N7O. The Bertz CT molecular complexity index is 1300. The van der Waals surface area contributed by atoms with Gasteiger partial charge in [0.25, 0.3) is 0 Å². The lowest BCUT2D eigenvalue weighted by atomic mass is 9.95. The molecule has 1 aromatic carbocycles. The number of alkyl halides is 1. The van der Waals surface area contributed by atoms with E-state index < -0.39 is 12.0 Å². The van der Waals surface area contributed by atoms with Gasteiger partial charge in [-0.3, -0.25) is 9.58 Å². The van der Waals surface area contributed by atoms with Crippen molar-refractivity contribution >= 4 is 45.7 Å². The number of rotatable bonds is 4. The van der Waals surface area contributed by atoms with Crippen LogP contribution in [0.15, 0.2) is 12.1 Å². The van der Waals surface area contributed by atoms with Crippen molar-refractivity contribution in [1.82, 2.24) is 24.6 Å². The van der Waals surface area contributed by atoms with Crippen LogP contribution in [0.3, 0.4) is 0 Å². The lowest BCUT2D eigenvalue weighted by molar-refractivity contribution is 0.107. The van der Waals surface area contributed by atoms with Crippen molar-refractivity contribution in [3.8, 4) is 6.01 Å². The van der Waals surface area contributed by atoms with Crippen molar-refractivity contribution in [3.63, 3.8) is 0 Å². The van der Waals surface area contributed by atoms with Gasteiger partial charge in [0.1, 0.15) is 29.1 Å². The summed E-state index contributed by atoms with van der Waals surface area (Å²) in [5, 5.41) is 5.44. The number of aromatic nitrogens is 4. The monoisotopic (exact) mass is 523 g/mol. The van der Waals surface area contributed by atoms with Gasteiger partial charge in [-0.1, -0.05) is 23.2 Å². The standard InChI is InChI=1S/C23H25Cl2F2N7O/c24-13-7-15-19(16(27)8-13)29-22(35-12-23-3-1-5-33(23)10-14(26)9-23)30-21(15)32-4-2-6-34-17(11-32)18(25)20(28)31-34/h7-8,14H,1-6,9-12H2,(H2,28,31)/t14-,23+/m1/s1. The Kier molecular flexibility index (Phi) is 5.65. The fourth-order valence-corrected chi connectivity index (χ4v) is 6.16. The first-order chi connectivity index (χ1) is 16.8. The van der Waals surface area contributed by atoms with Crippen LogP contribution in [0.4, 0.5) is 20.4 Å². The van der Waals surface area contributed by atoms with Crippen LogP contribution in [-0.2, 0) is 13.1 Å². The van der Waals surface area contributed by atoms with E-state index in [0.29, 0.717) is 48.8 Å². The maximum absolute atomic E-state index is 15.0. The molecule has 2 aromatic heterocycles. The molecule has 0 spiro atoms. The van der Waals surface area contributed by atoms with E-state index >= 15 is 4.39 Å². The molecule has 12 heteroatoms. The second kappa shape index (κ2) is 8.60. The Morgan fingerprint density at radius 1 is 1.17 bits per heavy atom. The van der Waals surface area contributed by atoms with Crippen molar-refractivity contribution in [1.29, 1.82) is 0 Å². The zero-order chi connectivity index (χ0) is 24.3. The predicted octanol–water partition coefficient (Wildman–Crippen LogP) is 4.22. The number of nitrogens with zero attached hydrogens (tertiary/aromatic N) is 6. The highest BCUT2D eigenvalue weighted by Gasteiger charge is 2.49. The summed E-state index contributed by atoms with van der Waals surface area (Å²) < 4.78 is 37.1. The lowest BCUT2D eigenvalue weighted by Crippen LogP contribution is -2.43. The number of nitrogens with two attached hydrogens (primary N) is 1. The zero-order valence-electron chi connectivity index (χ0n) is 19.0. The molecule has 2 N–H and O–H groups in total. The molecule has 0 unspecified atom stereocenters. The Balaban J connectivity index is 1.38. The van der Waals surface area contributed by atoms with E-state index in [1.165, 1.54) is 6.07 Å². The average Bonchev–Trinajstić information content (AvgIpc) is 3.36. The van der Waals surface area contributed by atoms with Crippen LogP contribution in [0.1, 0.15) is 31.4 Å². The normalized spacial score (nSPS) is 24.6. The summed E-state index contributed by atoms with van der Waals surface area (Å²) in [6.45, 7) is 3.18. The van der Waals surface area contributed by atoms with Crippen molar-refractivity contribution in [2.24, 2.45) is 0 Å². The first-order valence-corrected chi connectivity index (χ1v) is 12.5. The molecule has 0 bridgehead atoms. The number of hydrogen-bond acceptors (Lipinski definition) is 7. The number of halogens is 4. The predicted molar refractivity (Wildman–Crippen MR) is 130 cm³/mol. The molecule has 2 atom stereocenters. The van der Waals surface area contributed by atoms with Crippen LogP contribution in [0, 0.1) is 5.82 Å². The minimum atomic E-state index is -0.870. The van der Waals surface area contributed by atoms with Crippen molar-refractivity contribution in [2.75, 3.05) is 36.9 Å². The molecule has 3 aromatic rings. The third kappa shape index (κ3) is 3.95. The Morgan fingerprint density at radius 3 is 2.89 bits per heavy atom. The molecule has 0 saturated carbocycles. The molecule has 0 aliphatic carbocycles. The van der Waals surface area contributed by atoms with E-state index in [0.717, 1.165) is 31.5 Å². The average molecular weight is 524 g/mol. The molecule has 8 nitrogen and oxygen atoms in total. The molecule has 35 heavy (non-hydrogen) atoms. The smallest absolute Gasteiger partial charge is 0.319 e. The van der Waals surface area contributed by atoms with Gasteiger partial charge in [-0.2, -0.15) is 15.1 Å². The largest absolute Gasteiger partial charge is 0.461 e. The summed E-state index contributed by atoms with van der Waals surface area (Å²) in [6, 6.07) is 2.93. The quantitative estimate of drug-likeness (QED) is 0.547. The SMILES string of the molecule is Nc1nn2c(c1Cl)CN(c1nc(OC[C@@]34CCCN3C[C@H](F)C4)nc3c(F)cc(Cl)cc13)CCC2. The van der Waals surface area contributed by atoms with Crippen LogP contribution in [0.5, 0.6) is 6.01 Å². The zero-order valence-corrected chi connectivity index (χ0v) is 20.5. The summed E-state index contributed by atoms with van der Waals surface area (Å²) in [4.78, 5) is 13.2. The first kappa shape index (κ1) is 23.0. The molecular weight excluding hydrogens is 499 g/mol. The summed E-state index contributed by atoms with van der Waals surface area (Å²) in [5.74, 6) is 0.206. The summed E-state index contributed by atoms with van der Waals surface area (Å²) >= 11 is 12.6. The molecule has 3 aliphatic heterocycles. The highest BCUT2D eigenvalue weighted by molar-refractivity contribution is 6.33. The highest BCUT2D eigenvalue weighted by Crippen LogP contribution is 2.41. The Hall–Kier alpha value is -2.43. The van der Waals surface area contributed by atoms with E-state index in [-0.39, 0.29) is 34.5 Å². The summed E-state index contributed by atoms with van der Waals surface area (Å²) in [6.07, 6.45) is 2.16. The first-order valence-electron chi connectivity index (χ1n) is 11.8. The number of nitrogen functional groups attached to an aromatic ring is 1. The number of anilines is 2. The number of aryl methyl sites for hydroxylation is 1. The summed E-state index contributed by atoms with van der Waals surface area (Å²) in [7, 11) is 0. The van der Waals surface area contributed by atoms with Crippen LogP contribution < -0.4 is 15.4 Å². The van der Waals surface area contributed by atoms with Gasteiger partial charge in [0.05, 0.1) is 17.8 Å². The molecule has 3 aliphatic rings. The van der Waals surface area contributed by atoms with Crippen molar-refractivity contribution in [3.05, 3.63) is 33.7 Å². The minimum absolute atomic E-state index is 0.0561. The fraction of sp³-hybridized carbons (Fsp3) is 0.522. The van der Waals surface area contributed by atoms with Gasteiger partial charge in [0, 0.05) is 36.5 Å². The van der Waals surface area contributed by atoms with E-state index in [1.54, 1.807) is 10.7 Å². The highest BCUT2D eigenvalue weighted by atomic mass is 35.5. The summed E-state index contributed by atoms with van der Waals surface area (Å²) in [5.41, 5.74) is 6.45. The molecule has 6 rings (SSSR count). The van der Waals surface area contributed by atoms with Crippen molar-refractivity contribution < 1.29 is 13.5 Å². The molecule has 0 amide bonds. The van der Waals surface area contributed by atoms with Gasteiger partial charge in [0.2, 0.25) is 0 Å². The molecule has 186 valence electrons.